The summed E-state index contributed by atoms with van der Waals surface area (Å²) in [7, 11) is 2.19. The Hall–Kier alpha value is -1.48. The molecule has 1 unspecified atom stereocenters. The highest BCUT2D eigenvalue weighted by Gasteiger charge is 2.58. The maximum atomic E-state index is 10.3. The van der Waals surface area contributed by atoms with Gasteiger partial charge in [0.05, 0.1) is 0 Å². The monoisotopic (exact) mass is 285 g/mol. The van der Waals surface area contributed by atoms with Crippen LogP contribution in [0.4, 0.5) is 0 Å². The number of rotatable bonds is 0. The summed E-state index contributed by atoms with van der Waals surface area (Å²) in [5.41, 5.74) is 2.56. The zero-order chi connectivity index (χ0) is 14.8. The zero-order valence-corrected chi connectivity index (χ0v) is 13.0. The lowest BCUT2D eigenvalue weighted by Gasteiger charge is -2.50. The van der Waals surface area contributed by atoms with E-state index in [1.165, 1.54) is 11.1 Å². The number of aromatic hydroxyl groups is 1. The largest absolute Gasteiger partial charge is 0.504 e. The van der Waals surface area contributed by atoms with Gasteiger partial charge < -0.3 is 14.7 Å². The molecule has 21 heavy (non-hydrogen) atoms. The van der Waals surface area contributed by atoms with Gasteiger partial charge in [0.25, 0.3) is 0 Å². The van der Waals surface area contributed by atoms with Gasteiger partial charge >= 0.3 is 0 Å². The molecule has 2 heterocycles. The van der Waals surface area contributed by atoms with Crippen molar-refractivity contribution in [3.05, 3.63) is 35.4 Å². The predicted molar refractivity (Wildman–Crippen MR) is 82.8 cm³/mol. The highest BCUT2D eigenvalue weighted by atomic mass is 16.5. The van der Waals surface area contributed by atoms with Gasteiger partial charge in [0.1, 0.15) is 6.10 Å². The van der Waals surface area contributed by atoms with Gasteiger partial charge in [-0.3, -0.25) is 0 Å². The van der Waals surface area contributed by atoms with Crippen LogP contribution in [0.1, 0.15) is 24.5 Å². The highest BCUT2D eigenvalue weighted by Crippen LogP contribution is 2.59. The average Bonchev–Trinajstić information content (AvgIpc) is 2.82. The number of hydrogen-bond donors (Lipinski definition) is 1. The number of phenols is 1. The summed E-state index contributed by atoms with van der Waals surface area (Å²) in [4.78, 5) is 2.41. The molecule has 1 fully saturated rings. The first-order valence-electron chi connectivity index (χ1n) is 7.90. The van der Waals surface area contributed by atoms with E-state index in [4.69, 9.17) is 4.74 Å². The molecule has 1 N–H and O–H groups in total. The van der Waals surface area contributed by atoms with Crippen molar-refractivity contribution in [3.8, 4) is 11.5 Å². The Labute approximate surface area is 126 Å². The van der Waals surface area contributed by atoms with Crippen molar-refractivity contribution in [2.45, 2.75) is 31.8 Å². The molecule has 4 atom stereocenters. The summed E-state index contributed by atoms with van der Waals surface area (Å²) in [5.74, 6) is 1.89. The first-order valence-corrected chi connectivity index (χ1v) is 7.90. The third-order valence-corrected chi connectivity index (χ3v) is 5.76. The SMILES string of the molecule is Cc1ccc(O)c2c1[C@]13CCN(C)CC1C=C[C@H](C)[C@@H]3O2. The minimum Gasteiger partial charge on any atom is -0.504 e. The minimum absolute atomic E-state index is 0.0405. The molecule has 1 aromatic rings. The van der Waals surface area contributed by atoms with Crippen molar-refractivity contribution < 1.29 is 9.84 Å². The molecule has 0 radical (unpaired) electrons. The van der Waals surface area contributed by atoms with E-state index in [9.17, 15) is 5.11 Å². The fraction of sp³-hybridized carbons (Fsp3) is 0.556. The van der Waals surface area contributed by atoms with Crippen molar-refractivity contribution >= 4 is 0 Å². The Morgan fingerprint density at radius 1 is 1.33 bits per heavy atom. The molecule has 1 aromatic carbocycles. The average molecular weight is 285 g/mol. The van der Waals surface area contributed by atoms with Gasteiger partial charge in [-0.1, -0.05) is 25.1 Å². The van der Waals surface area contributed by atoms with Crippen LogP contribution in [0, 0.1) is 18.8 Å². The summed E-state index contributed by atoms with van der Waals surface area (Å²) < 4.78 is 6.31. The van der Waals surface area contributed by atoms with Crippen LogP contribution in [0.5, 0.6) is 11.5 Å². The van der Waals surface area contributed by atoms with E-state index >= 15 is 0 Å². The van der Waals surface area contributed by atoms with E-state index in [2.05, 4.69) is 37.9 Å². The Morgan fingerprint density at radius 3 is 2.95 bits per heavy atom. The van der Waals surface area contributed by atoms with Crippen molar-refractivity contribution in [2.75, 3.05) is 20.1 Å². The maximum Gasteiger partial charge on any atom is 0.165 e. The second kappa shape index (κ2) is 4.26. The van der Waals surface area contributed by atoms with Crippen LogP contribution >= 0.6 is 0 Å². The lowest BCUT2D eigenvalue weighted by molar-refractivity contribution is 0.0245. The molecule has 1 spiro atoms. The molecule has 0 bridgehead atoms. The zero-order valence-electron chi connectivity index (χ0n) is 13.0. The van der Waals surface area contributed by atoms with Crippen LogP contribution in [0.3, 0.4) is 0 Å². The van der Waals surface area contributed by atoms with Crippen molar-refractivity contribution in [3.63, 3.8) is 0 Å². The van der Waals surface area contributed by atoms with Crippen molar-refractivity contribution in [2.24, 2.45) is 11.8 Å². The van der Waals surface area contributed by atoms with Gasteiger partial charge in [0.2, 0.25) is 0 Å². The van der Waals surface area contributed by atoms with Gasteiger partial charge in [0, 0.05) is 29.4 Å². The number of benzene rings is 1. The molecule has 1 saturated heterocycles. The van der Waals surface area contributed by atoms with Crippen LogP contribution < -0.4 is 4.74 Å². The van der Waals surface area contributed by atoms with E-state index in [0.29, 0.717) is 17.6 Å². The number of fused-ring (bicyclic) bond motifs is 1. The van der Waals surface area contributed by atoms with Gasteiger partial charge in [-0.05, 0) is 38.6 Å². The van der Waals surface area contributed by atoms with Crippen LogP contribution in [0.2, 0.25) is 0 Å². The van der Waals surface area contributed by atoms with Crippen molar-refractivity contribution in [1.82, 2.24) is 4.90 Å². The predicted octanol–water partition coefficient (Wildman–Crippen LogP) is 2.86. The van der Waals surface area contributed by atoms with E-state index in [1.807, 2.05) is 6.07 Å². The quantitative estimate of drug-likeness (QED) is 0.744. The van der Waals surface area contributed by atoms with E-state index in [1.54, 1.807) is 6.07 Å². The van der Waals surface area contributed by atoms with Crippen LogP contribution in [0.15, 0.2) is 24.3 Å². The lowest BCUT2D eigenvalue weighted by Crippen LogP contribution is -2.56. The number of nitrogens with zero attached hydrogens (tertiary/aromatic N) is 1. The molecule has 1 aliphatic carbocycles. The van der Waals surface area contributed by atoms with Crippen LogP contribution in [0.25, 0.3) is 0 Å². The minimum atomic E-state index is 0.0405. The normalized spacial score (nSPS) is 37.6. The Morgan fingerprint density at radius 2 is 2.14 bits per heavy atom. The third-order valence-electron chi connectivity index (χ3n) is 5.76. The van der Waals surface area contributed by atoms with Crippen molar-refractivity contribution in [1.29, 1.82) is 0 Å². The number of phenolic OH excluding ortho intramolecular Hbond substituents is 1. The standard InChI is InChI=1S/C18H23NO2/c1-11-5-7-14(20)16-15(11)18-8-9-19(3)10-13(18)6-4-12(2)17(18)21-16/h4-7,12-13,17,20H,8-10H2,1-3H3/t12-,13?,17-,18-/m0/s1. The molecule has 0 saturated carbocycles. The molecule has 4 rings (SSSR count). The second-order valence-electron chi connectivity index (χ2n) is 7.05. The fourth-order valence-electron chi connectivity index (χ4n) is 4.78. The Balaban J connectivity index is 1.95. The molecule has 112 valence electrons. The Bertz CT molecular complexity index is 624. The third kappa shape index (κ3) is 1.58. The summed E-state index contributed by atoms with van der Waals surface area (Å²) in [6.45, 7) is 6.54. The number of piperidine rings is 1. The van der Waals surface area contributed by atoms with Gasteiger partial charge in [-0.15, -0.1) is 0 Å². The summed E-state index contributed by atoms with van der Waals surface area (Å²) >= 11 is 0. The molecule has 3 aliphatic rings. The molecule has 2 aliphatic heterocycles. The van der Waals surface area contributed by atoms with Gasteiger partial charge in [-0.25, -0.2) is 0 Å². The molecular weight excluding hydrogens is 262 g/mol. The van der Waals surface area contributed by atoms with E-state index in [-0.39, 0.29) is 11.5 Å². The first-order chi connectivity index (χ1) is 10.0. The molecular formula is C18H23NO2. The smallest absolute Gasteiger partial charge is 0.165 e. The molecule has 0 aromatic heterocycles. The van der Waals surface area contributed by atoms with E-state index in [0.717, 1.165) is 25.3 Å². The fourth-order valence-corrected chi connectivity index (χ4v) is 4.78. The number of ether oxygens (including phenoxy) is 1. The topological polar surface area (TPSA) is 32.7 Å². The molecule has 3 nitrogen and oxygen atoms in total. The number of hydrogen-bond acceptors (Lipinski definition) is 3. The second-order valence-corrected chi connectivity index (χ2v) is 7.05. The lowest BCUT2D eigenvalue weighted by atomic mass is 9.58. The first kappa shape index (κ1) is 13.2. The highest BCUT2D eigenvalue weighted by molar-refractivity contribution is 5.59. The van der Waals surface area contributed by atoms with Crippen LogP contribution in [-0.2, 0) is 5.41 Å². The maximum absolute atomic E-state index is 10.3. The number of aryl methyl sites for hydroxylation is 1. The van der Waals surface area contributed by atoms with Crippen LogP contribution in [-0.4, -0.2) is 36.2 Å². The van der Waals surface area contributed by atoms with Gasteiger partial charge in [-0.2, -0.15) is 0 Å². The molecule has 0 amide bonds. The summed E-state index contributed by atoms with van der Waals surface area (Å²) in [6.07, 6.45) is 5.94. The Kier molecular flexibility index (Phi) is 2.68. The number of likely N-dealkylation sites (tertiary alicyclic amines) is 1. The summed E-state index contributed by atoms with van der Waals surface area (Å²) in [5, 5.41) is 10.3. The van der Waals surface area contributed by atoms with E-state index < -0.39 is 0 Å². The summed E-state index contributed by atoms with van der Waals surface area (Å²) in [6, 6.07) is 3.80. The molecule has 3 heteroatoms. The van der Waals surface area contributed by atoms with Gasteiger partial charge in [0.15, 0.2) is 11.5 Å².